The first-order valence-corrected chi connectivity index (χ1v) is 10.7. The van der Waals surface area contributed by atoms with E-state index in [1.54, 1.807) is 17.3 Å². The Morgan fingerprint density at radius 1 is 1.19 bits per heavy atom. The predicted octanol–water partition coefficient (Wildman–Crippen LogP) is 2.69. The van der Waals surface area contributed by atoms with Gasteiger partial charge in [-0.15, -0.1) is 0 Å². The number of rotatable bonds is 8. The summed E-state index contributed by atoms with van der Waals surface area (Å²) in [7, 11) is 0. The third-order valence-electron chi connectivity index (χ3n) is 5.81. The Balaban J connectivity index is 1.45. The van der Waals surface area contributed by atoms with Crippen molar-refractivity contribution in [3.05, 3.63) is 31.2 Å². The normalized spacial score (nSPS) is 19.1. The molecule has 3 N–H and O–H groups in total. The summed E-state index contributed by atoms with van der Waals surface area (Å²) in [5, 5.41) is 13.7. The maximum atomic E-state index is 11.9. The lowest BCUT2D eigenvalue weighted by Crippen LogP contribution is -2.39. The predicted molar refractivity (Wildman–Crippen MR) is 118 cm³/mol. The van der Waals surface area contributed by atoms with Crippen LogP contribution in [0.15, 0.2) is 31.2 Å². The molecular weight excluding hydrogens is 396 g/mol. The fourth-order valence-electron chi connectivity index (χ4n) is 4.22. The van der Waals surface area contributed by atoms with Crippen LogP contribution in [0.5, 0.6) is 0 Å². The standard InChI is InChI=1S/C21H28N8O2/c1-2-19(31)28-9-5-8-17(13-28)29-12-16(10-24-29)26-21-22-11-18(23-14-30)20(27-21)25-15-6-3-4-7-15/h2,10-12,14-15,17H,1,3-9,13H2,(H,23,30)(H2,22,25,26,27)/t17-/m1/s1. The zero-order chi connectivity index (χ0) is 21.6. The Labute approximate surface area is 181 Å². The molecule has 1 aliphatic carbocycles. The van der Waals surface area contributed by atoms with Crippen LogP contribution in [0.3, 0.4) is 0 Å². The van der Waals surface area contributed by atoms with E-state index in [0.717, 1.165) is 37.9 Å². The van der Waals surface area contributed by atoms with E-state index in [1.807, 2.05) is 10.9 Å². The summed E-state index contributed by atoms with van der Waals surface area (Å²) >= 11 is 0. The molecule has 2 amide bonds. The lowest BCUT2D eigenvalue weighted by atomic mass is 10.1. The van der Waals surface area contributed by atoms with Gasteiger partial charge in [-0.1, -0.05) is 19.4 Å². The number of amides is 2. The summed E-state index contributed by atoms with van der Waals surface area (Å²) in [6.45, 7) is 4.94. The zero-order valence-corrected chi connectivity index (χ0v) is 17.5. The molecule has 0 radical (unpaired) electrons. The Morgan fingerprint density at radius 2 is 2.03 bits per heavy atom. The van der Waals surface area contributed by atoms with Gasteiger partial charge in [-0.2, -0.15) is 10.1 Å². The SMILES string of the molecule is C=CC(=O)N1CCC[C@@H](n2cc(Nc3ncc(NC=O)c(NC4CCCC4)n3)cn2)C1. The van der Waals surface area contributed by atoms with Crippen molar-refractivity contribution in [1.29, 1.82) is 0 Å². The van der Waals surface area contributed by atoms with Crippen molar-refractivity contribution in [3.63, 3.8) is 0 Å². The number of carbonyl (C=O) groups excluding carboxylic acids is 2. The van der Waals surface area contributed by atoms with Crippen LogP contribution >= 0.6 is 0 Å². The van der Waals surface area contributed by atoms with Crippen LogP contribution in [0.4, 0.5) is 23.1 Å². The summed E-state index contributed by atoms with van der Waals surface area (Å²) in [6.07, 6.45) is 13.6. The summed E-state index contributed by atoms with van der Waals surface area (Å²) in [4.78, 5) is 33.5. The minimum Gasteiger partial charge on any atom is -0.365 e. The number of anilines is 4. The molecule has 0 bridgehead atoms. The van der Waals surface area contributed by atoms with Crippen molar-refractivity contribution in [2.75, 3.05) is 29.0 Å². The molecule has 31 heavy (non-hydrogen) atoms. The highest BCUT2D eigenvalue weighted by Gasteiger charge is 2.24. The first kappa shape index (κ1) is 20.8. The van der Waals surface area contributed by atoms with Crippen molar-refractivity contribution >= 4 is 35.5 Å². The molecule has 0 spiro atoms. The number of aromatic nitrogens is 4. The highest BCUT2D eigenvalue weighted by atomic mass is 16.2. The van der Waals surface area contributed by atoms with E-state index in [9.17, 15) is 9.59 Å². The van der Waals surface area contributed by atoms with E-state index in [2.05, 4.69) is 37.6 Å². The average Bonchev–Trinajstić information content (AvgIpc) is 3.47. The lowest BCUT2D eigenvalue weighted by Gasteiger charge is -2.32. The first-order valence-electron chi connectivity index (χ1n) is 10.7. The number of likely N-dealkylation sites (tertiary alicyclic amines) is 1. The van der Waals surface area contributed by atoms with Gasteiger partial charge in [0.15, 0.2) is 5.82 Å². The number of hydrogen-bond donors (Lipinski definition) is 3. The summed E-state index contributed by atoms with van der Waals surface area (Å²) in [6, 6.07) is 0.470. The van der Waals surface area contributed by atoms with Gasteiger partial charge in [-0.25, -0.2) is 4.98 Å². The van der Waals surface area contributed by atoms with Crippen molar-refractivity contribution in [2.45, 2.75) is 50.6 Å². The van der Waals surface area contributed by atoms with Crippen molar-refractivity contribution in [3.8, 4) is 0 Å². The molecule has 10 nitrogen and oxygen atoms in total. The molecule has 1 aliphatic heterocycles. The molecule has 1 saturated heterocycles. The maximum Gasteiger partial charge on any atom is 0.246 e. The molecule has 2 aromatic heterocycles. The van der Waals surface area contributed by atoms with Crippen LogP contribution in [-0.2, 0) is 9.59 Å². The molecule has 164 valence electrons. The van der Waals surface area contributed by atoms with Crippen LogP contribution < -0.4 is 16.0 Å². The number of piperidine rings is 1. The van der Waals surface area contributed by atoms with Crippen LogP contribution in [0.25, 0.3) is 0 Å². The molecule has 0 unspecified atom stereocenters. The second-order valence-electron chi connectivity index (χ2n) is 7.96. The third kappa shape index (κ3) is 5.01. The fourth-order valence-corrected chi connectivity index (χ4v) is 4.22. The van der Waals surface area contributed by atoms with E-state index in [0.29, 0.717) is 36.5 Å². The third-order valence-corrected chi connectivity index (χ3v) is 5.81. The Kier molecular flexibility index (Phi) is 6.44. The van der Waals surface area contributed by atoms with Crippen LogP contribution in [0.1, 0.15) is 44.6 Å². The minimum atomic E-state index is -0.0464. The van der Waals surface area contributed by atoms with Crippen molar-refractivity contribution < 1.29 is 9.59 Å². The molecule has 3 heterocycles. The number of nitrogens with one attached hydrogen (secondary N) is 3. The molecular formula is C21H28N8O2. The molecule has 2 aromatic rings. The Bertz CT molecular complexity index is 937. The quantitative estimate of drug-likeness (QED) is 0.440. The zero-order valence-electron chi connectivity index (χ0n) is 17.5. The minimum absolute atomic E-state index is 0.0464. The lowest BCUT2D eigenvalue weighted by molar-refractivity contribution is -0.127. The largest absolute Gasteiger partial charge is 0.365 e. The van der Waals surface area contributed by atoms with E-state index >= 15 is 0 Å². The first-order chi connectivity index (χ1) is 15.2. The Morgan fingerprint density at radius 3 is 2.81 bits per heavy atom. The molecule has 1 atom stereocenters. The van der Waals surface area contributed by atoms with Crippen LogP contribution in [0.2, 0.25) is 0 Å². The fraction of sp³-hybridized carbons (Fsp3) is 0.476. The van der Waals surface area contributed by atoms with Gasteiger partial charge in [-0.3, -0.25) is 14.3 Å². The monoisotopic (exact) mass is 424 g/mol. The molecule has 1 saturated carbocycles. The second-order valence-corrected chi connectivity index (χ2v) is 7.96. The molecule has 10 heteroatoms. The highest BCUT2D eigenvalue weighted by Crippen LogP contribution is 2.27. The summed E-state index contributed by atoms with van der Waals surface area (Å²) in [5.41, 5.74) is 1.31. The van der Waals surface area contributed by atoms with Crippen LogP contribution in [-0.4, -0.2) is 56.1 Å². The summed E-state index contributed by atoms with van der Waals surface area (Å²) < 4.78 is 1.88. The van der Waals surface area contributed by atoms with E-state index < -0.39 is 0 Å². The Hall–Kier alpha value is -3.43. The van der Waals surface area contributed by atoms with E-state index in [-0.39, 0.29) is 11.9 Å². The highest BCUT2D eigenvalue weighted by molar-refractivity contribution is 5.87. The topological polar surface area (TPSA) is 117 Å². The number of nitrogens with zero attached hydrogens (tertiary/aromatic N) is 5. The maximum absolute atomic E-state index is 11.9. The van der Waals surface area contributed by atoms with Gasteiger partial charge in [0.2, 0.25) is 18.3 Å². The van der Waals surface area contributed by atoms with Gasteiger partial charge in [0.05, 0.1) is 24.1 Å². The smallest absolute Gasteiger partial charge is 0.246 e. The van der Waals surface area contributed by atoms with Gasteiger partial charge in [0.1, 0.15) is 5.69 Å². The van der Waals surface area contributed by atoms with Crippen LogP contribution in [0, 0.1) is 0 Å². The van der Waals surface area contributed by atoms with E-state index in [1.165, 1.54) is 18.9 Å². The molecule has 2 aliphatic rings. The molecule has 4 rings (SSSR count). The molecule has 2 fully saturated rings. The molecule has 0 aromatic carbocycles. The number of hydrogen-bond acceptors (Lipinski definition) is 7. The van der Waals surface area contributed by atoms with E-state index in [4.69, 9.17) is 0 Å². The van der Waals surface area contributed by atoms with Gasteiger partial charge in [0.25, 0.3) is 0 Å². The van der Waals surface area contributed by atoms with Crippen molar-refractivity contribution in [2.24, 2.45) is 0 Å². The van der Waals surface area contributed by atoms with Gasteiger partial charge in [-0.05, 0) is 31.8 Å². The second kappa shape index (κ2) is 9.59. The number of carbonyl (C=O) groups is 2. The van der Waals surface area contributed by atoms with Gasteiger partial charge < -0.3 is 20.9 Å². The van der Waals surface area contributed by atoms with Gasteiger partial charge >= 0.3 is 0 Å². The van der Waals surface area contributed by atoms with Crippen molar-refractivity contribution in [1.82, 2.24) is 24.6 Å². The average molecular weight is 425 g/mol. The van der Waals surface area contributed by atoms with Gasteiger partial charge in [0, 0.05) is 25.3 Å². The summed E-state index contributed by atoms with van der Waals surface area (Å²) in [5.74, 6) is 0.980.